The van der Waals surface area contributed by atoms with Gasteiger partial charge in [0.15, 0.2) is 0 Å². The Labute approximate surface area is 79.5 Å². The summed E-state index contributed by atoms with van der Waals surface area (Å²) in [5, 5.41) is 11.4. The SMILES string of the molecule is CC(CN)CC(=O)NC(C)CCO. The van der Waals surface area contributed by atoms with Crippen molar-refractivity contribution >= 4 is 5.91 Å². The molecule has 0 spiro atoms. The van der Waals surface area contributed by atoms with E-state index in [1.165, 1.54) is 0 Å². The first-order chi connectivity index (χ1) is 6.10. The van der Waals surface area contributed by atoms with Crippen molar-refractivity contribution in [3.63, 3.8) is 0 Å². The molecule has 2 atom stereocenters. The predicted molar refractivity (Wildman–Crippen MR) is 52.1 cm³/mol. The fourth-order valence-corrected chi connectivity index (χ4v) is 0.999. The van der Waals surface area contributed by atoms with E-state index in [1.54, 1.807) is 0 Å². The number of aliphatic hydroxyl groups is 1. The molecule has 4 nitrogen and oxygen atoms in total. The number of aliphatic hydroxyl groups excluding tert-OH is 1. The summed E-state index contributed by atoms with van der Waals surface area (Å²) in [6, 6.07) is 0.0440. The highest BCUT2D eigenvalue weighted by Gasteiger charge is 2.09. The topological polar surface area (TPSA) is 75.4 Å². The molecule has 0 saturated carbocycles. The second-order valence-electron chi connectivity index (χ2n) is 3.53. The lowest BCUT2D eigenvalue weighted by molar-refractivity contribution is -0.122. The van der Waals surface area contributed by atoms with Crippen LogP contribution >= 0.6 is 0 Å². The van der Waals surface area contributed by atoms with Crippen molar-refractivity contribution in [2.24, 2.45) is 11.7 Å². The first-order valence-electron chi connectivity index (χ1n) is 4.70. The molecule has 0 aliphatic rings. The summed E-state index contributed by atoms with van der Waals surface area (Å²) in [7, 11) is 0. The van der Waals surface area contributed by atoms with E-state index in [9.17, 15) is 4.79 Å². The van der Waals surface area contributed by atoms with Crippen LogP contribution in [-0.4, -0.2) is 30.2 Å². The molecule has 1 amide bonds. The van der Waals surface area contributed by atoms with Gasteiger partial charge in [-0.15, -0.1) is 0 Å². The average Bonchev–Trinajstić information content (AvgIpc) is 2.04. The van der Waals surface area contributed by atoms with Gasteiger partial charge >= 0.3 is 0 Å². The average molecular weight is 188 g/mol. The summed E-state index contributed by atoms with van der Waals surface area (Å²) in [4.78, 5) is 11.2. The summed E-state index contributed by atoms with van der Waals surface area (Å²) in [5.41, 5.74) is 5.39. The summed E-state index contributed by atoms with van der Waals surface area (Å²) in [6.07, 6.45) is 1.06. The number of hydrogen-bond acceptors (Lipinski definition) is 3. The van der Waals surface area contributed by atoms with Gasteiger partial charge in [-0.2, -0.15) is 0 Å². The summed E-state index contributed by atoms with van der Waals surface area (Å²) in [5.74, 6) is 0.236. The van der Waals surface area contributed by atoms with E-state index in [-0.39, 0.29) is 24.5 Å². The molecule has 0 rings (SSSR count). The number of nitrogens with two attached hydrogens (primary N) is 1. The maximum atomic E-state index is 11.2. The van der Waals surface area contributed by atoms with Crippen LogP contribution in [0.4, 0.5) is 0 Å². The Hall–Kier alpha value is -0.610. The van der Waals surface area contributed by atoms with Gasteiger partial charge < -0.3 is 16.2 Å². The molecular weight excluding hydrogens is 168 g/mol. The van der Waals surface area contributed by atoms with Crippen molar-refractivity contribution in [3.8, 4) is 0 Å². The number of carbonyl (C=O) groups is 1. The molecule has 0 aromatic carbocycles. The quantitative estimate of drug-likeness (QED) is 0.543. The van der Waals surface area contributed by atoms with Crippen LogP contribution in [-0.2, 0) is 4.79 Å². The van der Waals surface area contributed by atoms with Crippen molar-refractivity contribution in [2.75, 3.05) is 13.2 Å². The number of rotatable bonds is 6. The van der Waals surface area contributed by atoms with Crippen LogP contribution in [0.3, 0.4) is 0 Å². The third-order valence-corrected chi connectivity index (χ3v) is 1.91. The molecule has 0 heterocycles. The zero-order valence-corrected chi connectivity index (χ0v) is 8.42. The van der Waals surface area contributed by atoms with Crippen LogP contribution in [0, 0.1) is 5.92 Å². The second-order valence-corrected chi connectivity index (χ2v) is 3.53. The standard InChI is InChI=1S/C9H20N2O2/c1-7(6-10)5-9(13)11-8(2)3-4-12/h7-8,12H,3-6,10H2,1-2H3,(H,11,13). The van der Waals surface area contributed by atoms with Gasteiger partial charge in [-0.3, -0.25) is 4.79 Å². The first kappa shape index (κ1) is 12.4. The second kappa shape index (κ2) is 6.86. The third kappa shape index (κ3) is 6.54. The van der Waals surface area contributed by atoms with Crippen molar-refractivity contribution in [3.05, 3.63) is 0 Å². The van der Waals surface area contributed by atoms with Crippen LogP contribution < -0.4 is 11.1 Å². The Balaban J connectivity index is 3.61. The molecule has 0 aromatic rings. The molecule has 0 aliphatic carbocycles. The maximum Gasteiger partial charge on any atom is 0.220 e. The van der Waals surface area contributed by atoms with Gasteiger partial charge in [0.05, 0.1) is 0 Å². The first-order valence-corrected chi connectivity index (χ1v) is 4.70. The minimum atomic E-state index is 0.0129. The molecule has 0 bridgehead atoms. The van der Waals surface area contributed by atoms with Gasteiger partial charge in [0.1, 0.15) is 0 Å². The van der Waals surface area contributed by atoms with Gasteiger partial charge in [-0.1, -0.05) is 6.92 Å². The molecule has 78 valence electrons. The molecule has 0 aliphatic heterocycles. The largest absolute Gasteiger partial charge is 0.396 e. The lowest BCUT2D eigenvalue weighted by Gasteiger charge is -2.14. The molecule has 4 heteroatoms. The summed E-state index contributed by atoms with van der Waals surface area (Å²) in [6.45, 7) is 4.45. The number of hydrogen-bond donors (Lipinski definition) is 3. The van der Waals surface area contributed by atoms with Crippen LogP contribution in [0.25, 0.3) is 0 Å². The number of amides is 1. The zero-order chi connectivity index (χ0) is 10.3. The Morgan fingerprint density at radius 2 is 2.15 bits per heavy atom. The van der Waals surface area contributed by atoms with Crippen molar-refractivity contribution in [2.45, 2.75) is 32.7 Å². The van der Waals surface area contributed by atoms with E-state index in [1.807, 2.05) is 13.8 Å². The minimum absolute atomic E-state index is 0.0129. The Kier molecular flexibility index (Phi) is 6.54. The molecular formula is C9H20N2O2. The molecule has 13 heavy (non-hydrogen) atoms. The van der Waals surface area contributed by atoms with Gasteiger partial charge in [-0.25, -0.2) is 0 Å². The molecule has 0 aromatic heterocycles. The summed E-state index contributed by atoms with van der Waals surface area (Å²) >= 11 is 0. The fraction of sp³-hybridized carbons (Fsp3) is 0.889. The van der Waals surface area contributed by atoms with E-state index < -0.39 is 0 Å². The van der Waals surface area contributed by atoms with Crippen LogP contribution in [0.15, 0.2) is 0 Å². The maximum absolute atomic E-state index is 11.2. The molecule has 0 saturated heterocycles. The third-order valence-electron chi connectivity index (χ3n) is 1.91. The Morgan fingerprint density at radius 1 is 1.54 bits per heavy atom. The van der Waals surface area contributed by atoms with Gasteiger partial charge in [-0.05, 0) is 25.8 Å². The van der Waals surface area contributed by atoms with Gasteiger partial charge in [0.25, 0.3) is 0 Å². The molecule has 0 radical (unpaired) electrons. The molecule has 4 N–H and O–H groups in total. The van der Waals surface area contributed by atoms with E-state index in [4.69, 9.17) is 10.8 Å². The normalized spacial score (nSPS) is 15.1. The Bertz CT molecular complexity index is 151. The van der Waals surface area contributed by atoms with Crippen molar-refractivity contribution in [1.29, 1.82) is 0 Å². The zero-order valence-electron chi connectivity index (χ0n) is 8.42. The highest BCUT2D eigenvalue weighted by molar-refractivity contribution is 5.76. The predicted octanol–water partition coefficient (Wildman–Crippen LogP) is -0.142. The lowest BCUT2D eigenvalue weighted by Crippen LogP contribution is -2.34. The Morgan fingerprint density at radius 3 is 2.62 bits per heavy atom. The fourth-order valence-electron chi connectivity index (χ4n) is 0.999. The highest BCUT2D eigenvalue weighted by atomic mass is 16.3. The minimum Gasteiger partial charge on any atom is -0.396 e. The van der Waals surface area contributed by atoms with E-state index in [0.29, 0.717) is 19.4 Å². The number of nitrogens with one attached hydrogen (secondary N) is 1. The van der Waals surface area contributed by atoms with E-state index >= 15 is 0 Å². The van der Waals surface area contributed by atoms with E-state index in [2.05, 4.69) is 5.32 Å². The van der Waals surface area contributed by atoms with Gasteiger partial charge in [0.2, 0.25) is 5.91 Å². The van der Waals surface area contributed by atoms with Crippen LogP contribution in [0.1, 0.15) is 26.7 Å². The van der Waals surface area contributed by atoms with Crippen molar-refractivity contribution < 1.29 is 9.90 Å². The van der Waals surface area contributed by atoms with E-state index in [0.717, 1.165) is 0 Å². The lowest BCUT2D eigenvalue weighted by atomic mass is 10.1. The smallest absolute Gasteiger partial charge is 0.220 e. The van der Waals surface area contributed by atoms with Crippen molar-refractivity contribution in [1.82, 2.24) is 5.32 Å². The molecule has 2 unspecified atom stereocenters. The number of carbonyl (C=O) groups excluding carboxylic acids is 1. The highest BCUT2D eigenvalue weighted by Crippen LogP contribution is 1.99. The van der Waals surface area contributed by atoms with Crippen LogP contribution in [0.2, 0.25) is 0 Å². The molecule has 0 fully saturated rings. The monoisotopic (exact) mass is 188 g/mol. The van der Waals surface area contributed by atoms with Crippen LogP contribution in [0.5, 0.6) is 0 Å². The van der Waals surface area contributed by atoms with Gasteiger partial charge in [0, 0.05) is 19.1 Å². The summed E-state index contributed by atoms with van der Waals surface area (Å²) < 4.78 is 0.